The van der Waals surface area contributed by atoms with Crippen molar-refractivity contribution in [2.75, 3.05) is 6.54 Å². The van der Waals surface area contributed by atoms with Gasteiger partial charge < -0.3 is 15.1 Å². The standard InChI is InChI=1S/C18H21N3OS.HI/c1-3-19-18(21-12-17-13(2)8-9-23-17)20-11-15-10-14-6-4-5-7-16(14)22-15;/h4-10H,3,11-12H2,1-2H3,(H2,19,20,21);1H. The van der Waals surface area contributed by atoms with Crippen molar-refractivity contribution < 1.29 is 4.42 Å². The quantitative estimate of drug-likeness (QED) is 0.334. The van der Waals surface area contributed by atoms with E-state index in [4.69, 9.17) is 4.42 Å². The number of hydrogen-bond donors (Lipinski definition) is 2. The lowest BCUT2D eigenvalue weighted by Gasteiger charge is -2.10. The molecule has 4 nitrogen and oxygen atoms in total. The first-order valence-electron chi connectivity index (χ1n) is 7.79. The van der Waals surface area contributed by atoms with E-state index in [9.17, 15) is 0 Å². The second kappa shape index (κ2) is 9.08. The van der Waals surface area contributed by atoms with Gasteiger partial charge in [0.25, 0.3) is 0 Å². The predicted octanol–water partition coefficient (Wildman–Crippen LogP) is 4.68. The van der Waals surface area contributed by atoms with Crippen LogP contribution in [0.5, 0.6) is 0 Å². The Labute approximate surface area is 163 Å². The van der Waals surface area contributed by atoms with E-state index in [0.717, 1.165) is 35.8 Å². The first kappa shape index (κ1) is 18.8. The summed E-state index contributed by atoms with van der Waals surface area (Å²) in [5, 5.41) is 9.88. The van der Waals surface area contributed by atoms with Gasteiger partial charge >= 0.3 is 0 Å². The first-order valence-corrected chi connectivity index (χ1v) is 8.67. The number of furan rings is 1. The van der Waals surface area contributed by atoms with Gasteiger partial charge in [0.15, 0.2) is 5.96 Å². The minimum Gasteiger partial charge on any atom is -0.459 e. The fourth-order valence-corrected chi connectivity index (χ4v) is 3.21. The second-order valence-electron chi connectivity index (χ2n) is 5.33. The molecule has 6 heteroatoms. The van der Waals surface area contributed by atoms with Crippen LogP contribution in [0, 0.1) is 6.92 Å². The Morgan fingerprint density at radius 3 is 2.75 bits per heavy atom. The molecule has 0 amide bonds. The third kappa shape index (κ3) is 4.73. The Kier molecular flexibility index (Phi) is 7.11. The summed E-state index contributed by atoms with van der Waals surface area (Å²) in [5.41, 5.74) is 2.22. The summed E-state index contributed by atoms with van der Waals surface area (Å²) < 4.78 is 5.81. The molecule has 0 radical (unpaired) electrons. The SMILES string of the molecule is CCNC(=NCc1cc2ccccc2o1)NCc1sccc1C.I. The minimum atomic E-state index is 0. The van der Waals surface area contributed by atoms with Crippen LogP contribution in [0.1, 0.15) is 23.1 Å². The number of para-hydroxylation sites is 1. The summed E-state index contributed by atoms with van der Waals surface area (Å²) in [6, 6.07) is 12.2. The van der Waals surface area contributed by atoms with Crippen molar-refractivity contribution in [2.45, 2.75) is 26.9 Å². The number of rotatable bonds is 5. The second-order valence-corrected chi connectivity index (χ2v) is 6.33. The number of nitrogens with zero attached hydrogens (tertiary/aromatic N) is 1. The molecule has 0 spiro atoms. The van der Waals surface area contributed by atoms with Crippen LogP contribution in [0.2, 0.25) is 0 Å². The third-order valence-electron chi connectivity index (χ3n) is 3.60. The van der Waals surface area contributed by atoms with Gasteiger partial charge in [-0.25, -0.2) is 4.99 Å². The number of aryl methyl sites for hydroxylation is 1. The van der Waals surface area contributed by atoms with E-state index < -0.39 is 0 Å². The molecule has 24 heavy (non-hydrogen) atoms. The van der Waals surface area contributed by atoms with Crippen LogP contribution in [0.4, 0.5) is 0 Å². The molecule has 3 aromatic rings. The summed E-state index contributed by atoms with van der Waals surface area (Å²) in [7, 11) is 0. The van der Waals surface area contributed by atoms with E-state index in [0.29, 0.717) is 6.54 Å². The molecular weight excluding hydrogens is 433 g/mol. The summed E-state index contributed by atoms with van der Waals surface area (Å²) in [6.45, 7) is 6.33. The molecule has 0 unspecified atom stereocenters. The molecule has 128 valence electrons. The zero-order chi connectivity index (χ0) is 16.1. The molecule has 0 fully saturated rings. The number of benzene rings is 1. The summed E-state index contributed by atoms with van der Waals surface area (Å²) >= 11 is 1.76. The molecule has 0 saturated heterocycles. The molecule has 2 N–H and O–H groups in total. The monoisotopic (exact) mass is 455 g/mol. The topological polar surface area (TPSA) is 49.6 Å². The van der Waals surface area contributed by atoms with Gasteiger partial charge in [0.05, 0.1) is 6.54 Å². The minimum absolute atomic E-state index is 0. The molecule has 0 atom stereocenters. The van der Waals surface area contributed by atoms with Crippen LogP contribution >= 0.6 is 35.3 Å². The maximum absolute atomic E-state index is 5.81. The smallest absolute Gasteiger partial charge is 0.191 e. The molecule has 2 aromatic heterocycles. The summed E-state index contributed by atoms with van der Waals surface area (Å²) in [6.07, 6.45) is 0. The van der Waals surface area contributed by atoms with E-state index >= 15 is 0 Å². The maximum atomic E-state index is 5.81. The number of halogens is 1. The average Bonchev–Trinajstić information content (AvgIpc) is 3.15. The molecule has 0 saturated carbocycles. The fourth-order valence-electron chi connectivity index (χ4n) is 2.36. The highest BCUT2D eigenvalue weighted by Gasteiger charge is 2.05. The van der Waals surface area contributed by atoms with Gasteiger partial charge in [0.1, 0.15) is 17.9 Å². The lowest BCUT2D eigenvalue weighted by molar-refractivity contribution is 0.551. The lowest BCUT2D eigenvalue weighted by atomic mass is 10.2. The highest BCUT2D eigenvalue weighted by atomic mass is 127. The van der Waals surface area contributed by atoms with Gasteiger partial charge in [-0.3, -0.25) is 0 Å². The van der Waals surface area contributed by atoms with Gasteiger partial charge in [-0.2, -0.15) is 0 Å². The zero-order valence-electron chi connectivity index (χ0n) is 13.8. The summed E-state index contributed by atoms with van der Waals surface area (Å²) in [4.78, 5) is 5.95. The first-order chi connectivity index (χ1) is 11.3. The molecular formula is C18H22IN3OS. The van der Waals surface area contributed by atoms with Crippen molar-refractivity contribution in [2.24, 2.45) is 4.99 Å². The van der Waals surface area contributed by atoms with Gasteiger partial charge in [-0.1, -0.05) is 18.2 Å². The van der Waals surface area contributed by atoms with Crippen LogP contribution < -0.4 is 10.6 Å². The van der Waals surface area contributed by atoms with E-state index in [2.05, 4.69) is 47.0 Å². The largest absolute Gasteiger partial charge is 0.459 e. The highest BCUT2D eigenvalue weighted by molar-refractivity contribution is 14.0. The Hall–Kier alpha value is -1.54. The Morgan fingerprint density at radius 2 is 2.04 bits per heavy atom. The lowest BCUT2D eigenvalue weighted by Crippen LogP contribution is -2.36. The van der Waals surface area contributed by atoms with Crippen molar-refractivity contribution in [3.05, 3.63) is 58.0 Å². The highest BCUT2D eigenvalue weighted by Crippen LogP contribution is 2.19. The van der Waals surface area contributed by atoms with Crippen LogP contribution in [0.3, 0.4) is 0 Å². The number of guanidine groups is 1. The third-order valence-corrected chi connectivity index (χ3v) is 4.62. The van der Waals surface area contributed by atoms with Crippen molar-refractivity contribution in [3.63, 3.8) is 0 Å². The molecule has 3 rings (SSSR count). The molecule has 0 aliphatic heterocycles. The Morgan fingerprint density at radius 1 is 1.21 bits per heavy atom. The van der Waals surface area contributed by atoms with Gasteiger partial charge in [0.2, 0.25) is 0 Å². The predicted molar refractivity (Wildman–Crippen MR) is 112 cm³/mol. The number of aliphatic imine (C=N–C) groups is 1. The number of thiophene rings is 1. The molecule has 0 aliphatic rings. The van der Waals surface area contributed by atoms with Crippen LogP contribution in [0.25, 0.3) is 11.0 Å². The molecule has 0 aliphatic carbocycles. The van der Waals surface area contributed by atoms with Gasteiger partial charge in [-0.05, 0) is 43.0 Å². The van der Waals surface area contributed by atoms with E-state index in [1.165, 1.54) is 10.4 Å². The molecule has 0 bridgehead atoms. The number of hydrogen-bond acceptors (Lipinski definition) is 3. The zero-order valence-corrected chi connectivity index (χ0v) is 17.0. The van der Waals surface area contributed by atoms with Crippen LogP contribution in [0.15, 0.2) is 51.2 Å². The number of nitrogens with one attached hydrogen (secondary N) is 2. The van der Waals surface area contributed by atoms with Crippen LogP contribution in [-0.2, 0) is 13.1 Å². The van der Waals surface area contributed by atoms with E-state index in [1.54, 1.807) is 11.3 Å². The van der Waals surface area contributed by atoms with E-state index in [1.807, 2.05) is 24.3 Å². The van der Waals surface area contributed by atoms with Crippen molar-refractivity contribution >= 4 is 52.2 Å². The van der Waals surface area contributed by atoms with Gasteiger partial charge in [0, 0.05) is 16.8 Å². The Bertz CT molecular complexity index is 776. The fraction of sp³-hybridized carbons (Fsp3) is 0.278. The average molecular weight is 455 g/mol. The maximum Gasteiger partial charge on any atom is 0.191 e. The Balaban J connectivity index is 0.00000208. The summed E-state index contributed by atoms with van der Waals surface area (Å²) in [5.74, 6) is 1.68. The molecule has 1 aromatic carbocycles. The number of fused-ring (bicyclic) bond motifs is 1. The van der Waals surface area contributed by atoms with E-state index in [-0.39, 0.29) is 24.0 Å². The normalized spacial score (nSPS) is 11.3. The van der Waals surface area contributed by atoms with Crippen LogP contribution in [-0.4, -0.2) is 12.5 Å². The van der Waals surface area contributed by atoms with Crippen molar-refractivity contribution in [1.29, 1.82) is 0 Å². The van der Waals surface area contributed by atoms with Crippen molar-refractivity contribution in [1.82, 2.24) is 10.6 Å². The van der Waals surface area contributed by atoms with Crippen molar-refractivity contribution in [3.8, 4) is 0 Å². The van der Waals surface area contributed by atoms with Gasteiger partial charge in [-0.15, -0.1) is 35.3 Å². The molecule has 2 heterocycles.